The third-order valence-electron chi connectivity index (χ3n) is 3.78. The summed E-state index contributed by atoms with van der Waals surface area (Å²) in [7, 11) is 0. The van der Waals surface area contributed by atoms with Crippen molar-refractivity contribution in [3.63, 3.8) is 0 Å². The van der Waals surface area contributed by atoms with E-state index in [0.717, 1.165) is 23.5 Å². The molecule has 5 heteroatoms. The normalized spacial score (nSPS) is 21.8. The maximum absolute atomic E-state index is 11.0. The van der Waals surface area contributed by atoms with Gasteiger partial charge in [-0.05, 0) is 32.0 Å². The predicted octanol–water partition coefficient (Wildman–Crippen LogP) is 2.76. The molecule has 2 heterocycles. The van der Waals surface area contributed by atoms with Crippen molar-refractivity contribution in [1.29, 1.82) is 0 Å². The van der Waals surface area contributed by atoms with Crippen LogP contribution >= 0.6 is 11.3 Å². The molecule has 1 saturated heterocycles. The number of hydrogen-bond donors (Lipinski definition) is 1. The maximum Gasteiger partial charge on any atom is 0.307 e. The molecule has 2 unspecified atom stereocenters. The first-order valence-electron chi connectivity index (χ1n) is 6.47. The number of aliphatic carboxylic acids is 1. The van der Waals surface area contributed by atoms with Crippen LogP contribution in [0.25, 0.3) is 10.2 Å². The summed E-state index contributed by atoms with van der Waals surface area (Å²) in [5, 5.41) is 10.1. The molecule has 0 radical (unpaired) electrons. The Bertz CT molecular complexity index is 577. The van der Waals surface area contributed by atoms with Crippen molar-refractivity contribution >= 4 is 27.5 Å². The van der Waals surface area contributed by atoms with Crippen LogP contribution < -0.4 is 0 Å². The average molecular weight is 276 g/mol. The van der Waals surface area contributed by atoms with E-state index >= 15 is 0 Å². The minimum Gasteiger partial charge on any atom is -0.481 e. The zero-order chi connectivity index (χ0) is 13.4. The molecular weight excluding hydrogens is 260 g/mol. The van der Waals surface area contributed by atoms with E-state index in [1.807, 2.05) is 18.2 Å². The van der Waals surface area contributed by atoms with Gasteiger partial charge < -0.3 is 5.11 Å². The summed E-state index contributed by atoms with van der Waals surface area (Å²) in [5.74, 6) is -0.907. The second-order valence-electron chi connectivity index (χ2n) is 5.01. The van der Waals surface area contributed by atoms with Gasteiger partial charge in [0.2, 0.25) is 0 Å². The summed E-state index contributed by atoms with van der Waals surface area (Å²) in [5.41, 5.74) is 1.03. The predicted molar refractivity (Wildman–Crippen MR) is 75.4 cm³/mol. The molecule has 1 aliphatic rings. The fourth-order valence-electron chi connectivity index (χ4n) is 2.57. The summed E-state index contributed by atoms with van der Waals surface area (Å²) in [6.45, 7) is 3.59. The molecule has 4 nitrogen and oxygen atoms in total. The molecule has 1 aliphatic heterocycles. The molecule has 0 bridgehead atoms. The first-order chi connectivity index (χ1) is 9.15. The minimum atomic E-state index is -0.681. The number of carboxylic acids is 1. The number of carboxylic acid groups (broad SMARTS) is 1. The lowest BCUT2D eigenvalue weighted by Crippen LogP contribution is -2.26. The molecule has 100 valence electrons. The number of para-hydroxylation sites is 1. The Morgan fingerprint density at radius 2 is 2.32 bits per heavy atom. The van der Waals surface area contributed by atoms with E-state index in [-0.39, 0.29) is 12.0 Å². The van der Waals surface area contributed by atoms with E-state index in [1.165, 1.54) is 4.70 Å². The van der Waals surface area contributed by atoms with Crippen molar-refractivity contribution in [2.75, 3.05) is 13.1 Å². The SMILES string of the molecule is CC(c1nc2ccccc2s1)N1CCC(C(=O)O)C1. The highest BCUT2D eigenvalue weighted by molar-refractivity contribution is 7.18. The van der Waals surface area contributed by atoms with Crippen molar-refractivity contribution in [2.45, 2.75) is 19.4 Å². The first-order valence-corrected chi connectivity index (χ1v) is 7.29. The fourth-order valence-corrected chi connectivity index (χ4v) is 3.62. The molecule has 2 atom stereocenters. The number of carbonyl (C=O) groups is 1. The highest BCUT2D eigenvalue weighted by atomic mass is 32.1. The lowest BCUT2D eigenvalue weighted by molar-refractivity contribution is -0.141. The Morgan fingerprint density at radius 3 is 3.00 bits per heavy atom. The van der Waals surface area contributed by atoms with E-state index in [2.05, 4.69) is 22.9 Å². The first kappa shape index (κ1) is 12.6. The standard InChI is InChI=1S/C14H16N2O2S/c1-9(16-7-6-10(8-16)14(17)18)13-15-11-4-2-3-5-12(11)19-13/h2-5,9-10H,6-8H2,1H3,(H,17,18). The van der Waals surface area contributed by atoms with Crippen LogP contribution in [0, 0.1) is 5.92 Å². The zero-order valence-electron chi connectivity index (χ0n) is 10.7. The van der Waals surface area contributed by atoms with Crippen LogP contribution in [0.5, 0.6) is 0 Å². The number of nitrogens with zero attached hydrogens (tertiary/aromatic N) is 2. The van der Waals surface area contributed by atoms with Crippen molar-refractivity contribution in [1.82, 2.24) is 9.88 Å². The van der Waals surface area contributed by atoms with Gasteiger partial charge in [-0.3, -0.25) is 9.69 Å². The second kappa shape index (κ2) is 4.90. The van der Waals surface area contributed by atoms with E-state index in [9.17, 15) is 4.79 Å². The van der Waals surface area contributed by atoms with Gasteiger partial charge in [-0.15, -0.1) is 11.3 Å². The molecule has 19 heavy (non-hydrogen) atoms. The van der Waals surface area contributed by atoms with Gasteiger partial charge in [-0.25, -0.2) is 4.98 Å². The molecule has 0 saturated carbocycles. The minimum absolute atomic E-state index is 0.196. The Hall–Kier alpha value is -1.46. The van der Waals surface area contributed by atoms with Gasteiger partial charge in [0.25, 0.3) is 0 Å². The van der Waals surface area contributed by atoms with Crippen LogP contribution in [0.15, 0.2) is 24.3 Å². The van der Waals surface area contributed by atoms with Gasteiger partial charge >= 0.3 is 5.97 Å². The lowest BCUT2D eigenvalue weighted by atomic mass is 10.1. The van der Waals surface area contributed by atoms with Crippen molar-refractivity contribution in [2.24, 2.45) is 5.92 Å². The smallest absolute Gasteiger partial charge is 0.307 e. The molecule has 1 N–H and O–H groups in total. The highest BCUT2D eigenvalue weighted by Crippen LogP contribution is 2.32. The van der Waals surface area contributed by atoms with Crippen LogP contribution in [0.1, 0.15) is 24.4 Å². The molecule has 1 fully saturated rings. The summed E-state index contributed by atoms with van der Waals surface area (Å²) >= 11 is 1.70. The van der Waals surface area contributed by atoms with Crippen LogP contribution in [0.3, 0.4) is 0 Å². The third-order valence-corrected chi connectivity index (χ3v) is 4.99. The Labute approximate surface area is 115 Å². The third kappa shape index (κ3) is 2.35. The van der Waals surface area contributed by atoms with Gasteiger partial charge in [-0.1, -0.05) is 12.1 Å². The van der Waals surface area contributed by atoms with E-state index in [4.69, 9.17) is 5.11 Å². The van der Waals surface area contributed by atoms with E-state index in [1.54, 1.807) is 11.3 Å². The molecule has 2 aromatic rings. The van der Waals surface area contributed by atoms with Gasteiger partial charge in [0.15, 0.2) is 0 Å². The number of aromatic nitrogens is 1. The number of likely N-dealkylation sites (tertiary alicyclic amines) is 1. The molecule has 0 spiro atoms. The van der Waals surface area contributed by atoms with Crippen LogP contribution in [-0.4, -0.2) is 34.0 Å². The lowest BCUT2D eigenvalue weighted by Gasteiger charge is -2.21. The van der Waals surface area contributed by atoms with Gasteiger partial charge in [0.05, 0.1) is 22.2 Å². The Kier molecular flexibility index (Phi) is 3.24. The molecule has 1 aromatic carbocycles. The van der Waals surface area contributed by atoms with Crippen molar-refractivity contribution < 1.29 is 9.90 Å². The monoisotopic (exact) mass is 276 g/mol. The molecule has 0 aliphatic carbocycles. The number of benzene rings is 1. The van der Waals surface area contributed by atoms with Crippen LogP contribution in [-0.2, 0) is 4.79 Å². The fraction of sp³-hybridized carbons (Fsp3) is 0.429. The number of fused-ring (bicyclic) bond motifs is 1. The average Bonchev–Trinajstić information content (AvgIpc) is 3.04. The Balaban J connectivity index is 1.80. The van der Waals surface area contributed by atoms with Crippen molar-refractivity contribution in [3.05, 3.63) is 29.3 Å². The van der Waals surface area contributed by atoms with Gasteiger partial charge in [0, 0.05) is 6.54 Å². The van der Waals surface area contributed by atoms with Crippen molar-refractivity contribution in [3.8, 4) is 0 Å². The van der Waals surface area contributed by atoms with E-state index < -0.39 is 5.97 Å². The second-order valence-corrected chi connectivity index (χ2v) is 6.08. The summed E-state index contributed by atoms with van der Waals surface area (Å²) < 4.78 is 1.19. The van der Waals surface area contributed by atoms with Gasteiger partial charge in [-0.2, -0.15) is 0 Å². The van der Waals surface area contributed by atoms with Gasteiger partial charge in [0.1, 0.15) is 5.01 Å². The largest absolute Gasteiger partial charge is 0.481 e. The Morgan fingerprint density at radius 1 is 1.53 bits per heavy atom. The summed E-state index contributed by atoms with van der Waals surface area (Å²) in [6, 6.07) is 8.30. The molecule has 1 aromatic heterocycles. The number of thiazole rings is 1. The van der Waals surface area contributed by atoms with Crippen LogP contribution in [0.2, 0.25) is 0 Å². The highest BCUT2D eigenvalue weighted by Gasteiger charge is 2.32. The maximum atomic E-state index is 11.0. The molecule has 0 amide bonds. The molecule has 3 rings (SSSR count). The molecular formula is C14H16N2O2S. The topological polar surface area (TPSA) is 53.4 Å². The summed E-state index contributed by atoms with van der Waals surface area (Å²) in [4.78, 5) is 17.9. The zero-order valence-corrected chi connectivity index (χ0v) is 11.6. The quantitative estimate of drug-likeness (QED) is 0.936. The summed E-state index contributed by atoms with van der Waals surface area (Å²) in [6.07, 6.45) is 0.741. The number of rotatable bonds is 3. The number of hydrogen-bond acceptors (Lipinski definition) is 4. The van der Waals surface area contributed by atoms with E-state index in [0.29, 0.717) is 6.54 Å². The van der Waals surface area contributed by atoms with Crippen LogP contribution in [0.4, 0.5) is 0 Å².